The summed E-state index contributed by atoms with van der Waals surface area (Å²) in [4.78, 5) is 23.8. The maximum atomic E-state index is 12.4. The van der Waals surface area contributed by atoms with E-state index in [2.05, 4.69) is 9.84 Å². The second-order valence-electron chi connectivity index (χ2n) is 5.45. The molecule has 0 aliphatic heterocycles. The van der Waals surface area contributed by atoms with Gasteiger partial charge in [0.05, 0.1) is 12.8 Å². The van der Waals surface area contributed by atoms with Crippen LogP contribution in [0.2, 0.25) is 0 Å². The molecule has 23 heavy (non-hydrogen) atoms. The van der Waals surface area contributed by atoms with Crippen LogP contribution in [-0.4, -0.2) is 34.9 Å². The van der Waals surface area contributed by atoms with E-state index in [1.807, 2.05) is 30.3 Å². The van der Waals surface area contributed by atoms with Crippen LogP contribution in [0.15, 0.2) is 30.3 Å². The second kappa shape index (κ2) is 6.24. The number of esters is 2. The van der Waals surface area contributed by atoms with Crippen LogP contribution in [0.1, 0.15) is 35.1 Å². The summed E-state index contributed by atoms with van der Waals surface area (Å²) in [5.41, 5.74) is 3.15. The third kappa shape index (κ3) is 2.84. The van der Waals surface area contributed by atoms with Gasteiger partial charge in [0, 0.05) is 11.3 Å². The fourth-order valence-corrected chi connectivity index (χ4v) is 2.81. The molecular weight excluding hydrogens is 296 g/mol. The van der Waals surface area contributed by atoms with Gasteiger partial charge in [-0.2, -0.15) is 5.10 Å². The van der Waals surface area contributed by atoms with Gasteiger partial charge in [-0.25, -0.2) is 14.3 Å². The van der Waals surface area contributed by atoms with E-state index in [1.165, 1.54) is 14.0 Å². The first kappa shape index (κ1) is 15.3. The van der Waals surface area contributed by atoms with Gasteiger partial charge in [0.15, 0.2) is 11.8 Å². The molecule has 6 heteroatoms. The second-order valence-corrected chi connectivity index (χ2v) is 5.45. The highest BCUT2D eigenvalue weighted by Crippen LogP contribution is 2.28. The van der Waals surface area contributed by atoms with E-state index in [9.17, 15) is 9.59 Å². The minimum atomic E-state index is -0.952. The number of fused-ring (bicyclic) bond motifs is 1. The largest absolute Gasteiger partial charge is 0.466 e. The minimum Gasteiger partial charge on any atom is -0.466 e. The number of rotatable bonds is 4. The summed E-state index contributed by atoms with van der Waals surface area (Å²) in [7, 11) is 1.26. The predicted octanol–water partition coefficient (Wildman–Crippen LogP) is 2.08. The van der Waals surface area contributed by atoms with Gasteiger partial charge < -0.3 is 9.47 Å². The lowest BCUT2D eigenvalue weighted by Crippen LogP contribution is -2.26. The van der Waals surface area contributed by atoms with E-state index >= 15 is 0 Å². The van der Waals surface area contributed by atoms with Gasteiger partial charge in [0.25, 0.3) is 0 Å². The Morgan fingerprint density at radius 3 is 2.65 bits per heavy atom. The van der Waals surface area contributed by atoms with Crippen LogP contribution < -0.4 is 0 Å². The molecule has 1 heterocycles. The Labute approximate surface area is 134 Å². The van der Waals surface area contributed by atoms with E-state index in [0.717, 1.165) is 36.2 Å². The highest BCUT2D eigenvalue weighted by atomic mass is 16.6. The summed E-state index contributed by atoms with van der Waals surface area (Å²) < 4.78 is 11.5. The fourth-order valence-electron chi connectivity index (χ4n) is 2.81. The molecule has 0 saturated carbocycles. The monoisotopic (exact) mass is 314 g/mol. The summed E-state index contributed by atoms with van der Waals surface area (Å²) in [5, 5.41) is 4.43. The van der Waals surface area contributed by atoms with Gasteiger partial charge in [-0.1, -0.05) is 18.2 Å². The third-order valence-corrected chi connectivity index (χ3v) is 3.94. The summed E-state index contributed by atoms with van der Waals surface area (Å²) in [6.45, 7) is 1.48. The molecule has 0 N–H and O–H groups in total. The molecule has 1 aliphatic carbocycles. The van der Waals surface area contributed by atoms with E-state index in [0.29, 0.717) is 0 Å². The maximum absolute atomic E-state index is 12.4. The van der Waals surface area contributed by atoms with Crippen molar-refractivity contribution >= 4 is 11.9 Å². The molecule has 1 unspecified atom stereocenters. The number of hydrogen-bond donors (Lipinski definition) is 0. The SMILES string of the molecule is COC(=O)C(C)OC(=O)c1nn(-c2ccccc2)c2c1CCC2. The van der Waals surface area contributed by atoms with E-state index in [-0.39, 0.29) is 5.69 Å². The highest BCUT2D eigenvalue weighted by Gasteiger charge is 2.29. The molecule has 1 aromatic carbocycles. The summed E-state index contributed by atoms with van der Waals surface area (Å²) in [6, 6.07) is 9.67. The van der Waals surface area contributed by atoms with Crippen molar-refractivity contribution in [3.63, 3.8) is 0 Å². The van der Waals surface area contributed by atoms with Crippen molar-refractivity contribution in [2.24, 2.45) is 0 Å². The Morgan fingerprint density at radius 1 is 1.22 bits per heavy atom. The average molecular weight is 314 g/mol. The van der Waals surface area contributed by atoms with Crippen LogP contribution >= 0.6 is 0 Å². The number of ether oxygens (including phenoxy) is 2. The lowest BCUT2D eigenvalue weighted by molar-refractivity contribution is -0.149. The fraction of sp³-hybridized carbons (Fsp3) is 0.353. The van der Waals surface area contributed by atoms with E-state index in [4.69, 9.17) is 4.74 Å². The number of carbonyl (C=O) groups is 2. The summed E-state index contributed by atoms with van der Waals surface area (Å²) in [5.74, 6) is -1.17. The Bertz CT molecular complexity index is 737. The van der Waals surface area contributed by atoms with E-state index < -0.39 is 18.0 Å². The first-order valence-electron chi connectivity index (χ1n) is 7.57. The highest BCUT2D eigenvalue weighted by molar-refractivity contribution is 5.91. The van der Waals surface area contributed by atoms with Gasteiger partial charge in [-0.05, 0) is 38.3 Å². The Balaban J connectivity index is 1.92. The molecule has 0 amide bonds. The normalized spacial score (nSPS) is 14.2. The summed E-state index contributed by atoms with van der Waals surface area (Å²) in [6.07, 6.45) is 1.69. The molecule has 0 spiro atoms. The Morgan fingerprint density at radius 2 is 1.96 bits per heavy atom. The number of hydrogen-bond acceptors (Lipinski definition) is 5. The number of aromatic nitrogens is 2. The number of methoxy groups -OCH3 is 1. The molecule has 6 nitrogen and oxygen atoms in total. The van der Waals surface area contributed by atoms with Crippen LogP contribution in [0.3, 0.4) is 0 Å². The first-order valence-corrected chi connectivity index (χ1v) is 7.57. The van der Waals surface area contributed by atoms with Gasteiger partial charge in [-0.15, -0.1) is 0 Å². The van der Waals surface area contributed by atoms with Crippen LogP contribution in [0, 0.1) is 0 Å². The zero-order chi connectivity index (χ0) is 16.4. The van der Waals surface area contributed by atoms with Crippen molar-refractivity contribution in [3.05, 3.63) is 47.3 Å². The molecule has 1 aliphatic rings. The van der Waals surface area contributed by atoms with Crippen molar-refractivity contribution in [1.29, 1.82) is 0 Å². The van der Waals surface area contributed by atoms with Gasteiger partial charge in [0.2, 0.25) is 0 Å². The number of carbonyl (C=O) groups excluding carboxylic acids is 2. The molecule has 1 aromatic heterocycles. The number of para-hydroxylation sites is 1. The standard InChI is InChI=1S/C17H18N2O4/c1-11(16(20)22-2)23-17(21)15-13-9-6-10-14(13)19(18-15)12-7-4-3-5-8-12/h3-5,7-8,11H,6,9-10H2,1-2H3. The molecular formula is C17H18N2O4. The van der Waals surface area contributed by atoms with Crippen LogP contribution in [0.5, 0.6) is 0 Å². The zero-order valence-corrected chi connectivity index (χ0v) is 13.1. The van der Waals surface area contributed by atoms with Crippen molar-refractivity contribution in [1.82, 2.24) is 9.78 Å². The van der Waals surface area contributed by atoms with Crippen molar-refractivity contribution in [2.75, 3.05) is 7.11 Å². The first-order chi connectivity index (χ1) is 11.1. The number of nitrogens with zero attached hydrogens (tertiary/aromatic N) is 2. The summed E-state index contributed by atoms with van der Waals surface area (Å²) >= 11 is 0. The Hall–Kier alpha value is -2.63. The molecule has 0 saturated heterocycles. The van der Waals surface area contributed by atoms with Gasteiger partial charge >= 0.3 is 11.9 Å². The molecule has 1 atom stereocenters. The average Bonchev–Trinajstić information content (AvgIpc) is 3.16. The molecule has 3 rings (SSSR count). The molecule has 120 valence electrons. The van der Waals surface area contributed by atoms with Gasteiger partial charge in [0.1, 0.15) is 0 Å². The molecule has 2 aromatic rings. The van der Waals surface area contributed by atoms with Crippen LogP contribution in [0.4, 0.5) is 0 Å². The minimum absolute atomic E-state index is 0.289. The Kier molecular flexibility index (Phi) is 4.14. The quantitative estimate of drug-likeness (QED) is 0.808. The third-order valence-electron chi connectivity index (χ3n) is 3.94. The van der Waals surface area contributed by atoms with Crippen LogP contribution in [-0.2, 0) is 27.1 Å². The smallest absolute Gasteiger partial charge is 0.359 e. The predicted molar refractivity (Wildman–Crippen MR) is 82.5 cm³/mol. The lowest BCUT2D eigenvalue weighted by Gasteiger charge is -2.10. The molecule has 0 bridgehead atoms. The molecule has 0 radical (unpaired) electrons. The van der Waals surface area contributed by atoms with E-state index in [1.54, 1.807) is 4.68 Å². The van der Waals surface area contributed by atoms with Gasteiger partial charge in [-0.3, -0.25) is 0 Å². The molecule has 0 fully saturated rings. The van der Waals surface area contributed by atoms with Crippen molar-refractivity contribution in [2.45, 2.75) is 32.3 Å². The topological polar surface area (TPSA) is 70.4 Å². The van der Waals surface area contributed by atoms with Crippen molar-refractivity contribution in [3.8, 4) is 5.69 Å². The lowest BCUT2D eigenvalue weighted by atomic mass is 10.2. The van der Waals surface area contributed by atoms with Crippen LogP contribution in [0.25, 0.3) is 5.69 Å². The number of benzene rings is 1. The zero-order valence-electron chi connectivity index (χ0n) is 13.1. The maximum Gasteiger partial charge on any atom is 0.359 e. The van der Waals surface area contributed by atoms with Crippen molar-refractivity contribution < 1.29 is 19.1 Å².